The third kappa shape index (κ3) is 3.43. The van der Waals surface area contributed by atoms with Gasteiger partial charge in [0.2, 0.25) is 0 Å². The molecule has 1 saturated heterocycles. The largest absolute Gasteiger partial charge is 0.399 e. The Bertz CT molecular complexity index is 833. The molecule has 1 aromatic heterocycles. The molecule has 1 aliphatic rings. The summed E-state index contributed by atoms with van der Waals surface area (Å²) in [5.41, 5.74) is 5.01. The number of benzene rings is 1. The Morgan fingerprint density at radius 2 is 2.15 bits per heavy atom. The van der Waals surface area contributed by atoms with Crippen LogP contribution < -0.4 is 0 Å². The number of aromatic nitrogens is 2. The predicted octanol–water partition coefficient (Wildman–Crippen LogP) is 1.97. The molecule has 0 radical (unpaired) electrons. The average molecular weight is 354 g/mol. The Hall–Kier alpha value is -2.80. The van der Waals surface area contributed by atoms with E-state index >= 15 is 0 Å². The van der Waals surface area contributed by atoms with Gasteiger partial charge in [0.25, 0.3) is 5.91 Å². The van der Waals surface area contributed by atoms with Gasteiger partial charge in [0.1, 0.15) is 12.8 Å². The van der Waals surface area contributed by atoms with E-state index in [1.165, 1.54) is 18.9 Å². The van der Waals surface area contributed by atoms with Crippen molar-refractivity contribution in [1.82, 2.24) is 14.9 Å². The summed E-state index contributed by atoms with van der Waals surface area (Å²) in [6.07, 6.45) is 3.59. The van der Waals surface area contributed by atoms with Gasteiger partial charge in [-0.25, -0.2) is 4.98 Å². The fourth-order valence-corrected chi connectivity index (χ4v) is 3.12. The molecule has 1 fully saturated rings. The Labute approximate surface area is 152 Å². The molecule has 0 aliphatic carbocycles. The number of oxime groups is 1. The van der Waals surface area contributed by atoms with Gasteiger partial charge in [-0.05, 0) is 25.0 Å². The number of carbonyl (C=O) groups excluding carboxylic acids is 1. The van der Waals surface area contributed by atoms with E-state index in [-0.39, 0.29) is 24.2 Å². The van der Waals surface area contributed by atoms with Crippen molar-refractivity contribution in [3.05, 3.63) is 47.4 Å². The topological polar surface area (TPSA) is 87.9 Å². The summed E-state index contributed by atoms with van der Waals surface area (Å²) < 4.78 is 0. The number of aryl methyl sites for hydroxylation is 1. The third-order valence-corrected chi connectivity index (χ3v) is 4.71. The molecule has 1 N–H and O–H groups in total. The first-order valence-corrected chi connectivity index (χ1v) is 8.44. The molecule has 2 aromatic rings. The third-order valence-electron chi connectivity index (χ3n) is 4.71. The van der Waals surface area contributed by atoms with Crippen LogP contribution in [-0.2, 0) is 4.84 Å². The summed E-state index contributed by atoms with van der Waals surface area (Å²) in [4.78, 5) is 27.8. The van der Waals surface area contributed by atoms with Crippen LogP contribution in [0.15, 0.2) is 35.7 Å². The van der Waals surface area contributed by atoms with Crippen molar-refractivity contribution in [2.45, 2.75) is 26.3 Å². The molecule has 1 aromatic carbocycles. The minimum Gasteiger partial charge on any atom is -0.399 e. The van der Waals surface area contributed by atoms with Crippen molar-refractivity contribution in [2.75, 3.05) is 20.3 Å². The van der Waals surface area contributed by atoms with E-state index in [1.54, 1.807) is 11.1 Å². The van der Waals surface area contributed by atoms with Gasteiger partial charge in [-0.1, -0.05) is 23.4 Å². The predicted molar refractivity (Wildman–Crippen MR) is 97.9 cm³/mol. The van der Waals surface area contributed by atoms with Crippen LogP contribution >= 0.6 is 0 Å². The van der Waals surface area contributed by atoms with E-state index in [4.69, 9.17) is 4.84 Å². The lowest BCUT2D eigenvalue weighted by Crippen LogP contribution is -2.38. The average Bonchev–Trinajstić information content (AvgIpc) is 3.07. The van der Waals surface area contributed by atoms with Crippen molar-refractivity contribution in [3.63, 3.8) is 0 Å². The molecule has 136 valence electrons. The molecule has 0 bridgehead atoms. The van der Waals surface area contributed by atoms with E-state index in [0.717, 1.165) is 22.5 Å². The van der Waals surface area contributed by atoms with E-state index < -0.39 is 0 Å². The second kappa shape index (κ2) is 7.61. The van der Waals surface area contributed by atoms with Crippen LogP contribution in [0.2, 0.25) is 0 Å². The van der Waals surface area contributed by atoms with Crippen molar-refractivity contribution in [1.29, 1.82) is 0 Å². The van der Waals surface area contributed by atoms with Gasteiger partial charge in [-0.3, -0.25) is 9.78 Å². The van der Waals surface area contributed by atoms with Crippen LogP contribution in [-0.4, -0.2) is 57.9 Å². The SMILES string of the molecule is CON=C1CC(CO)N(C(=O)c2cnc(-c3cccc(C)c3C)cn2)C1. The van der Waals surface area contributed by atoms with Crippen LogP contribution in [0.5, 0.6) is 0 Å². The Morgan fingerprint density at radius 1 is 1.35 bits per heavy atom. The Balaban J connectivity index is 1.83. The van der Waals surface area contributed by atoms with E-state index in [2.05, 4.69) is 15.1 Å². The zero-order valence-electron chi connectivity index (χ0n) is 15.1. The van der Waals surface area contributed by atoms with Gasteiger partial charge in [0.05, 0.1) is 43.0 Å². The van der Waals surface area contributed by atoms with Gasteiger partial charge >= 0.3 is 0 Å². The highest BCUT2D eigenvalue weighted by Crippen LogP contribution is 2.24. The monoisotopic (exact) mass is 354 g/mol. The van der Waals surface area contributed by atoms with E-state index in [1.807, 2.05) is 32.0 Å². The molecule has 0 saturated carbocycles. The minimum absolute atomic E-state index is 0.136. The highest BCUT2D eigenvalue weighted by atomic mass is 16.6. The fourth-order valence-electron chi connectivity index (χ4n) is 3.12. The number of rotatable bonds is 4. The number of amides is 1. The number of hydrogen-bond donors (Lipinski definition) is 1. The summed E-state index contributed by atoms with van der Waals surface area (Å²) in [7, 11) is 1.46. The van der Waals surface area contributed by atoms with Crippen LogP contribution in [0.1, 0.15) is 28.0 Å². The van der Waals surface area contributed by atoms with Crippen LogP contribution in [0.25, 0.3) is 11.3 Å². The molecule has 1 atom stereocenters. The maximum absolute atomic E-state index is 12.8. The van der Waals surface area contributed by atoms with Crippen LogP contribution in [0.3, 0.4) is 0 Å². The molecule has 1 aliphatic heterocycles. The quantitative estimate of drug-likeness (QED) is 0.848. The van der Waals surface area contributed by atoms with Crippen LogP contribution in [0.4, 0.5) is 0 Å². The molecule has 7 nitrogen and oxygen atoms in total. The number of aliphatic hydroxyl groups excluding tert-OH is 1. The number of hydrogen-bond acceptors (Lipinski definition) is 6. The van der Waals surface area contributed by atoms with E-state index in [0.29, 0.717) is 13.0 Å². The maximum Gasteiger partial charge on any atom is 0.274 e. The molecule has 2 heterocycles. The first kappa shape index (κ1) is 18.0. The maximum atomic E-state index is 12.8. The number of nitrogens with zero attached hydrogens (tertiary/aromatic N) is 4. The smallest absolute Gasteiger partial charge is 0.274 e. The number of likely N-dealkylation sites (tertiary alicyclic amines) is 1. The normalized spacial score (nSPS) is 18.4. The molecular weight excluding hydrogens is 332 g/mol. The van der Waals surface area contributed by atoms with Crippen molar-refractivity contribution >= 4 is 11.6 Å². The van der Waals surface area contributed by atoms with Gasteiger partial charge in [-0.15, -0.1) is 0 Å². The molecule has 7 heteroatoms. The lowest BCUT2D eigenvalue weighted by atomic mass is 10.0. The summed E-state index contributed by atoms with van der Waals surface area (Å²) in [6, 6.07) is 5.69. The fraction of sp³-hybridized carbons (Fsp3) is 0.368. The Kier molecular flexibility index (Phi) is 5.27. The second-order valence-corrected chi connectivity index (χ2v) is 6.35. The molecule has 3 rings (SSSR count). The molecule has 1 unspecified atom stereocenters. The minimum atomic E-state index is -0.322. The summed E-state index contributed by atoms with van der Waals surface area (Å²) >= 11 is 0. The number of carbonyl (C=O) groups is 1. The molecule has 1 amide bonds. The second-order valence-electron chi connectivity index (χ2n) is 6.35. The lowest BCUT2D eigenvalue weighted by Gasteiger charge is -2.21. The van der Waals surface area contributed by atoms with Crippen LogP contribution in [0, 0.1) is 13.8 Å². The van der Waals surface area contributed by atoms with Gasteiger partial charge in [-0.2, -0.15) is 0 Å². The first-order chi connectivity index (χ1) is 12.5. The van der Waals surface area contributed by atoms with Crippen molar-refractivity contribution < 1.29 is 14.7 Å². The standard InChI is InChI=1S/C19H22N4O3/c1-12-5-4-6-16(13(12)2)17-8-21-18(9-20-17)19(25)23-10-14(22-26-3)7-15(23)11-24/h4-6,8-9,15,24H,7,10-11H2,1-3H3. The summed E-state index contributed by atoms with van der Waals surface area (Å²) in [6.45, 7) is 4.27. The summed E-state index contributed by atoms with van der Waals surface area (Å²) in [5.74, 6) is -0.273. The van der Waals surface area contributed by atoms with Crippen molar-refractivity contribution in [3.8, 4) is 11.3 Å². The highest BCUT2D eigenvalue weighted by molar-refractivity contribution is 5.99. The zero-order chi connectivity index (χ0) is 18.7. The first-order valence-electron chi connectivity index (χ1n) is 8.44. The molecule has 0 spiro atoms. The van der Waals surface area contributed by atoms with Crippen molar-refractivity contribution in [2.24, 2.45) is 5.16 Å². The van der Waals surface area contributed by atoms with E-state index in [9.17, 15) is 9.90 Å². The number of aliphatic hydroxyl groups is 1. The van der Waals surface area contributed by atoms with Gasteiger partial charge in [0, 0.05) is 12.0 Å². The highest BCUT2D eigenvalue weighted by Gasteiger charge is 2.34. The molecule has 26 heavy (non-hydrogen) atoms. The molecular formula is C19H22N4O3. The van der Waals surface area contributed by atoms with Gasteiger partial charge < -0.3 is 14.8 Å². The van der Waals surface area contributed by atoms with Gasteiger partial charge in [0.15, 0.2) is 0 Å². The Morgan fingerprint density at radius 3 is 2.81 bits per heavy atom. The zero-order valence-corrected chi connectivity index (χ0v) is 15.1. The summed E-state index contributed by atoms with van der Waals surface area (Å²) in [5, 5.41) is 13.4. The lowest BCUT2D eigenvalue weighted by molar-refractivity contribution is 0.0674.